The maximum Gasteiger partial charge on any atom is 0.275 e. The molecule has 1 aliphatic rings. The second-order valence-electron chi connectivity index (χ2n) is 4.00. The van der Waals surface area contributed by atoms with Crippen LogP contribution in [-0.2, 0) is 6.54 Å². The topological polar surface area (TPSA) is 70.2 Å². The zero-order valence-electron chi connectivity index (χ0n) is 8.97. The molecule has 17 heavy (non-hydrogen) atoms. The fourth-order valence-corrected chi connectivity index (χ4v) is 1.81. The van der Waals surface area contributed by atoms with Crippen LogP contribution in [0, 0.1) is 21.4 Å². The minimum atomic E-state index is -0.826. The number of rotatable bonds is 3. The maximum atomic E-state index is 12.6. The zero-order valence-corrected chi connectivity index (χ0v) is 8.97. The van der Waals surface area contributed by atoms with Crippen molar-refractivity contribution in [3.05, 3.63) is 39.4 Å². The molecule has 0 radical (unpaired) electrons. The molecule has 0 atom stereocenters. The molecule has 0 saturated carbocycles. The van der Waals surface area contributed by atoms with E-state index in [1.807, 2.05) is 6.07 Å². The fraction of sp³-hybridized carbons (Fsp3) is 0.364. The van der Waals surface area contributed by atoms with Crippen molar-refractivity contribution in [1.82, 2.24) is 4.90 Å². The predicted octanol–water partition coefficient (Wildman–Crippen LogP) is 1.62. The first kappa shape index (κ1) is 11.5. The second-order valence-corrected chi connectivity index (χ2v) is 4.00. The van der Waals surface area contributed by atoms with Crippen molar-refractivity contribution in [3.63, 3.8) is 0 Å². The first-order valence-corrected chi connectivity index (χ1v) is 5.14. The lowest BCUT2D eigenvalue weighted by Crippen LogP contribution is -2.47. The highest BCUT2D eigenvalue weighted by molar-refractivity contribution is 5.47. The van der Waals surface area contributed by atoms with Crippen molar-refractivity contribution in [2.45, 2.75) is 12.7 Å². The van der Waals surface area contributed by atoms with Gasteiger partial charge in [-0.1, -0.05) is 0 Å². The van der Waals surface area contributed by atoms with Gasteiger partial charge in [-0.05, 0) is 12.1 Å². The molecule has 6 heteroatoms. The average molecular weight is 235 g/mol. The summed E-state index contributed by atoms with van der Waals surface area (Å²) in [6.45, 7) is 0.983. The molecule has 88 valence electrons. The van der Waals surface area contributed by atoms with Gasteiger partial charge in [0.1, 0.15) is 6.17 Å². The summed E-state index contributed by atoms with van der Waals surface area (Å²) in [7, 11) is 0. The van der Waals surface area contributed by atoms with E-state index in [-0.39, 0.29) is 11.3 Å². The molecule has 5 nitrogen and oxygen atoms in total. The van der Waals surface area contributed by atoms with Crippen molar-refractivity contribution >= 4 is 5.69 Å². The summed E-state index contributed by atoms with van der Waals surface area (Å²) in [6, 6.07) is 6.21. The molecule has 1 aliphatic heterocycles. The Balaban J connectivity index is 2.21. The smallest absolute Gasteiger partial charge is 0.275 e. The highest BCUT2D eigenvalue weighted by atomic mass is 19.1. The number of likely N-dealkylation sites (tertiary alicyclic amines) is 1. The molecule has 0 aromatic heterocycles. The Kier molecular flexibility index (Phi) is 3.02. The van der Waals surface area contributed by atoms with Gasteiger partial charge in [-0.25, -0.2) is 4.39 Å². The predicted molar refractivity (Wildman–Crippen MR) is 58.0 cm³/mol. The normalized spacial score (nSPS) is 16.2. The van der Waals surface area contributed by atoms with Crippen LogP contribution in [0.3, 0.4) is 0 Å². The first-order chi connectivity index (χ1) is 8.10. The molecule has 0 amide bonds. The second kappa shape index (κ2) is 4.47. The van der Waals surface area contributed by atoms with Crippen molar-refractivity contribution < 1.29 is 9.31 Å². The third-order valence-corrected chi connectivity index (χ3v) is 2.72. The van der Waals surface area contributed by atoms with E-state index < -0.39 is 11.1 Å². The third kappa shape index (κ3) is 2.40. The number of nitro benzene ring substituents is 1. The van der Waals surface area contributed by atoms with Crippen LogP contribution in [-0.4, -0.2) is 29.1 Å². The van der Waals surface area contributed by atoms with E-state index in [0.717, 1.165) is 0 Å². The number of nitro groups is 1. The lowest BCUT2D eigenvalue weighted by Gasteiger charge is -2.34. The molecule has 0 spiro atoms. The zero-order chi connectivity index (χ0) is 12.4. The van der Waals surface area contributed by atoms with Crippen LogP contribution in [0.5, 0.6) is 0 Å². The van der Waals surface area contributed by atoms with Gasteiger partial charge in [-0.3, -0.25) is 15.0 Å². The highest BCUT2D eigenvalue weighted by Crippen LogP contribution is 2.24. The van der Waals surface area contributed by atoms with E-state index in [0.29, 0.717) is 25.2 Å². The summed E-state index contributed by atoms with van der Waals surface area (Å²) in [5.74, 6) is 0. The van der Waals surface area contributed by atoms with Crippen molar-refractivity contribution in [3.8, 4) is 6.07 Å². The highest BCUT2D eigenvalue weighted by Gasteiger charge is 2.28. The number of alkyl halides is 1. The van der Waals surface area contributed by atoms with Gasteiger partial charge >= 0.3 is 0 Å². The summed E-state index contributed by atoms with van der Waals surface area (Å²) in [4.78, 5) is 12.1. The summed E-state index contributed by atoms with van der Waals surface area (Å²) in [6.07, 6.45) is -0.826. The molecule has 1 aromatic rings. The Labute approximate surface area is 97.2 Å². The molecule has 0 bridgehead atoms. The van der Waals surface area contributed by atoms with Crippen LogP contribution >= 0.6 is 0 Å². The molecule has 0 N–H and O–H groups in total. The Morgan fingerprint density at radius 2 is 2.29 bits per heavy atom. The molecular formula is C11H10FN3O2. The standard InChI is InChI=1S/C11H10FN3O2/c12-10-6-14(7-10)5-9-2-1-8(4-13)3-11(9)15(16)17/h1-3,10H,5-7H2. The minimum Gasteiger partial charge on any atom is -0.293 e. The largest absolute Gasteiger partial charge is 0.293 e. The molecule has 0 aliphatic carbocycles. The van der Waals surface area contributed by atoms with Gasteiger partial charge in [-0.15, -0.1) is 0 Å². The summed E-state index contributed by atoms with van der Waals surface area (Å²) in [5.41, 5.74) is 0.694. The molecule has 1 heterocycles. The van der Waals surface area contributed by atoms with Crippen molar-refractivity contribution in [2.24, 2.45) is 0 Å². The van der Waals surface area contributed by atoms with Crippen LogP contribution < -0.4 is 0 Å². The number of benzene rings is 1. The van der Waals surface area contributed by atoms with Crippen LogP contribution in [0.25, 0.3) is 0 Å². The molecule has 1 fully saturated rings. The summed E-state index contributed by atoms with van der Waals surface area (Å²) in [5, 5.41) is 19.5. The average Bonchev–Trinajstić information content (AvgIpc) is 2.27. The Morgan fingerprint density at radius 1 is 1.59 bits per heavy atom. The molecule has 2 rings (SSSR count). The third-order valence-electron chi connectivity index (χ3n) is 2.72. The van der Waals surface area contributed by atoms with Crippen LogP contribution in [0.2, 0.25) is 0 Å². The Morgan fingerprint density at radius 3 is 2.82 bits per heavy atom. The maximum absolute atomic E-state index is 12.6. The van der Waals surface area contributed by atoms with Crippen LogP contribution in [0.15, 0.2) is 18.2 Å². The quantitative estimate of drug-likeness (QED) is 0.589. The van der Waals surface area contributed by atoms with Gasteiger partial charge in [-0.2, -0.15) is 5.26 Å². The number of nitriles is 1. The van der Waals surface area contributed by atoms with E-state index in [2.05, 4.69) is 0 Å². The SMILES string of the molecule is N#Cc1ccc(CN2CC(F)C2)c([N+](=O)[O-])c1. The van der Waals surface area contributed by atoms with Gasteiger partial charge in [0.15, 0.2) is 0 Å². The van der Waals surface area contributed by atoms with E-state index in [1.54, 1.807) is 11.0 Å². The number of halogens is 1. The van der Waals surface area contributed by atoms with Crippen LogP contribution in [0.1, 0.15) is 11.1 Å². The first-order valence-electron chi connectivity index (χ1n) is 5.14. The van der Waals surface area contributed by atoms with E-state index >= 15 is 0 Å². The van der Waals surface area contributed by atoms with Gasteiger partial charge < -0.3 is 0 Å². The van der Waals surface area contributed by atoms with Crippen molar-refractivity contribution in [1.29, 1.82) is 5.26 Å². The van der Waals surface area contributed by atoms with Crippen molar-refractivity contribution in [2.75, 3.05) is 13.1 Å². The number of hydrogen-bond donors (Lipinski definition) is 0. The Hall–Kier alpha value is -2.00. The monoisotopic (exact) mass is 235 g/mol. The lowest BCUT2D eigenvalue weighted by atomic mass is 10.1. The lowest BCUT2D eigenvalue weighted by molar-refractivity contribution is -0.385. The number of nitrogens with zero attached hydrogens (tertiary/aromatic N) is 3. The number of hydrogen-bond acceptors (Lipinski definition) is 4. The molecular weight excluding hydrogens is 225 g/mol. The van der Waals surface area contributed by atoms with E-state index in [1.165, 1.54) is 12.1 Å². The summed E-state index contributed by atoms with van der Waals surface area (Å²) < 4.78 is 12.6. The van der Waals surface area contributed by atoms with Gasteiger partial charge in [0.2, 0.25) is 0 Å². The van der Waals surface area contributed by atoms with Gasteiger partial charge in [0.05, 0.1) is 16.6 Å². The molecule has 1 aromatic carbocycles. The molecule has 0 unspecified atom stereocenters. The Bertz CT molecular complexity index is 492. The minimum absolute atomic E-state index is 0.0774. The van der Waals surface area contributed by atoms with Gasteiger partial charge in [0.25, 0.3) is 5.69 Å². The molecule has 1 saturated heterocycles. The van der Waals surface area contributed by atoms with E-state index in [4.69, 9.17) is 5.26 Å². The van der Waals surface area contributed by atoms with Crippen LogP contribution in [0.4, 0.5) is 10.1 Å². The fourth-order valence-electron chi connectivity index (χ4n) is 1.81. The summed E-state index contributed by atoms with van der Waals surface area (Å²) >= 11 is 0. The van der Waals surface area contributed by atoms with E-state index in [9.17, 15) is 14.5 Å². The van der Waals surface area contributed by atoms with Gasteiger partial charge in [0, 0.05) is 31.3 Å².